The number of hydrogen-bond donors (Lipinski definition) is 1. The normalized spacial score (nSPS) is 47.3. The van der Waals surface area contributed by atoms with Crippen molar-refractivity contribution in [2.24, 2.45) is 23.7 Å². The van der Waals surface area contributed by atoms with Gasteiger partial charge < -0.3 is 22.8 Å². The lowest BCUT2D eigenvalue weighted by Gasteiger charge is -2.59. The van der Waals surface area contributed by atoms with Gasteiger partial charge >= 0.3 is 9.05 Å². The lowest BCUT2D eigenvalue weighted by atomic mass is 9.66. The second kappa shape index (κ2) is 8.03. The molecule has 0 aromatic rings. The molecule has 9 atom stereocenters. The monoisotopic (exact) mass is 426 g/mol. The van der Waals surface area contributed by atoms with Gasteiger partial charge in [-0.05, 0) is 59.3 Å². The van der Waals surface area contributed by atoms with Gasteiger partial charge in [-0.1, -0.05) is 39.8 Å². The molecule has 2 aliphatic carbocycles. The van der Waals surface area contributed by atoms with Crippen LogP contribution in [-0.4, -0.2) is 43.7 Å². The Hall–Kier alpha value is -0.243. The first kappa shape index (κ1) is 23.4. The van der Waals surface area contributed by atoms with Gasteiger partial charge in [0.25, 0.3) is 0 Å². The van der Waals surface area contributed by atoms with E-state index in [2.05, 4.69) is 46.8 Å². The van der Waals surface area contributed by atoms with Crippen LogP contribution in [0.2, 0.25) is 0 Å². The number of rotatable bonds is 8. The zero-order chi connectivity index (χ0) is 21.7. The molecular formula is C23H42O5Si. The summed E-state index contributed by atoms with van der Waals surface area (Å²) in [5, 5.41) is 11.1. The molecule has 0 aromatic carbocycles. The molecule has 5 nitrogen and oxygen atoms in total. The van der Waals surface area contributed by atoms with E-state index in [9.17, 15) is 5.11 Å². The fourth-order valence-electron chi connectivity index (χ4n) is 5.49. The Balaban J connectivity index is 1.98. The average molecular weight is 427 g/mol. The summed E-state index contributed by atoms with van der Waals surface area (Å²) >= 11 is 0. The molecule has 1 N–H and O–H groups in total. The Kier molecular flexibility index (Phi) is 6.48. The summed E-state index contributed by atoms with van der Waals surface area (Å²) in [7, 11) is -3.42. The van der Waals surface area contributed by atoms with Crippen LogP contribution in [0, 0.1) is 23.7 Å². The van der Waals surface area contributed by atoms with Crippen molar-refractivity contribution in [2.75, 3.05) is 6.61 Å². The number of fused-ring (bicyclic) bond motifs is 2. The Morgan fingerprint density at radius 2 is 1.90 bits per heavy atom. The van der Waals surface area contributed by atoms with E-state index in [1.807, 2.05) is 20.8 Å². The van der Waals surface area contributed by atoms with Crippen molar-refractivity contribution in [3.05, 3.63) is 12.2 Å². The summed E-state index contributed by atoms with van der Waals surface area (Å²) in [4.78, 5) is 0. The fraction of sp³-hybridized carbons (Fsp3) is 0.913. The quantitative estimate of drug-likeness (QED) is 0.444. The molecule has 3 rings (SSSR count). The second-order valence-electron chi connectivity index (χ2n) is 10.1. The summed E-state index contributed by atoms with van der Waals surface area (Å²) in [5.74, 6) is 0.980. The van der Waals surface area contributed by atoms with Crippen molar-refractivity contribution < 1.29 is 22.8 Å². The van der Waals surface area contributed by atoms with E-state index in [-0.39, 0.29) is 17.9 Å². The van der Waals surface area contributed by atoms with Gasteiger partial charge in [0.05, 0.1) is 22.9 Å². The van der Waals surface area contributed by atoms with E-state index >= 15 is 0 Å². The van der Waals surface area contributed by atoms with Crippen LogP contribution in [0.1, 0.15) is 81.1 Å². The molecule has 3 aliphatic rings. The van der Waals surface area contributed by atoms with Crippen LogP contribution in [0.4, 0.5) is 0 Å². The minimum Gasteiger partial charge on any atom is -0.390 e. The molecule has 1 aliphatic heterocycles. The Bertz CT molecular complexity index is 618. The van der Waals surface area contributed by atoms with Gasteiger partial charge in [-0.15, -0.1) is 0 Å². The van der Waals surface area contributed by atoms with E-state index in [0.29, 0.717) is 24.9 Å². The van der Waals surface area contributed by atoms with Crippen LogP contribution in [0.3, 0.4) is 0 Å². The highest BCUT2D eigenvalue weighted by Gasteiger charge is 2.67. The third kappa shape index (κ3) is 4.01. The highest BCUT2D eigenvalue weighted by atomic mass is 28.4. The van der Waals surface area contributed by atoms with Crippen LogP contribution >= 0.6 is 0 Å². The van der Waals surface area contributed by atoms with E-state index in [1.54, 1.807) is 0 Å². The Labute approximate surface area is 178 Å². The Morgan fingerprint density at radius 1 is 1.21 bits per heavy atom. The molecule has 8 unspecified atom stereocenters. The number of hydrogen-bond acceptors (Lipinski definition) is 5. The van der Waals surface area contributed by atoms with Crippen LogP contribution in [0.15, 0.2) is 12.2 Å². The maximum Gasteiger partial charge on any atom is 0.680 e. The molecule has 0 amide bonds. The predicted molar refractivity (Wildman–Crippen MR) is 116 cm³/mol. The molecule has 0 spiro atoms. The first-order valence-electron chi connectivity index (χ1n) is 11.6. The summed E-state index contributed by atoms with van der Waals surface area (Å²) in [6.45, 7) is 17.1. The molecule has 1 heterocycles. The van der Waals surface area contributed by atoms with E-state index in [0.717, 1.165) is 19.3 Å². The molecule has 168 valence electrons. The minimum absolute atomic E-state index is 0.0673. The lowest BCUT2D eigenvalue weighted by Crippen LogP contribution is -2.72. The average Bonchev–Trinajstić information content (AvgIpc) is 3.28. The Morgan fingerprint density at radius 3 is 2.38 bits per heavy atom. The fourth-order valence-corrected chi connectivity index (χ4v) is 8.60. The largest absolute Gasteiger partial charge is 0.680 e. The van der Waals surface area contributed by atoms with Gasteiger partial charge in [0.15, 0.2) is 0 Å². The third-order valence-corrected chi connectivity index (χ3v) is 11.2. The lowest BCUT2D eigenvalue weighted by molar-refractivity contribution is -0.254. The van der Waals surface area contributed by atoms with Crippen molar-refractivity contribution in [1.29, 1.82) is 0 Å². The van der Waals surface area contributed by atoms with Crippen molar-refractivity contribution in [2.45, 2.75) is 104 Å². The number of aliphatic hydroxyl groups is 1. The SMILES string of the molecule is CCO[Si]1(OC2C[C@H]3C=CC2C3)OC(C)(CC)C(C)C(C)(C(C)C(C)(O)CC)O1. The van der Waals surface area contributed by atoms with E-state index in [1.165, 1.54) is 0 Å². The van der Waals surface area contributed by atoms with Gasteiger partial charge in [-0.3, -0.25) is 0 Å². The molecule has 2 fully saturated rings. The molecular weight excluding hydrogens is 384 g/mol. The molecule has 1 saturated carbocycles. The first-order chi connectivity index (χ1) is 13.5. The van der Waals surface area contributed by atoms with Crippen LogP contribution in [0.25, 0.3) is 0 Å². The zero-order valence-corrected chi connectivity index (χ0v) is 20.7. The number of allylic oxidation sites excluding steroid dienone is 1. The zero-order valence-electron chi connectivity index (χ0n) is 19.7. The van der Waals surface area contributed by atoms with Gasteiger partial charge in [-0.2, -0.15) is 0 Å². The van der Waals surface area contributed by atoms with Gasteiger partial charge in [-0.25, -0.2) is 0 Å². The van der Waals surface area contributed by atoms with Gasteiger partial charge in [0.1, 0.15) is 0 Å². The maximum absolute atomic E-state index is 11.1. The van der Waals surface area contributed by atoms with Crippen LogP contribution in [-0.2, 0) is 17.7 Å². The van der Waals surface area contributed by atoms with Gasteiger partial charge in [0, 0.05) is 24.4 Å². The molecule has 1 saturated heterocycles. The van der Waals surface area contributed by atoms with Crippen molar-refractivity contribution >= 4 is 9.05 Å². The van der Waals surface area contributed by atoms with Gasteiger partial charge in [0.2, 0.25) is 0 Å². The third-order valence-electron chi connectivity index (χ3n) is 8.52. The molecule has 0 aromatic heterocycles. The minimum atomic E-state index is -3.42. The topological polar surface area (TPSA) is 57.2 Å². The smallest absolute Gasteiger partial charge is 0.390 e. The molecule has 0 radical (unpaired) electrons. The highest BCUT2D eigenvalue weighted by molar-refractivity contribution is 6.54. The summed E-state index contributed by atoms with van der Waals surface area (Å²) in [6, 6.07) is 0. The summed E-state index contributed by atoms with van der Waals surface area (Å²) < 4.78 is 26.4. The maximum atomic E-state index is 11.1. The van der Waals surface area contributed by atoms with Crippen molar-refractivity contribution in [1.82, 2.24) is 0 Å². The first-order valence-corrected chi connectivity index (χ1v) is 13.2. The van der Waals surface area contributed by atoms with Crippen molar-refractivity contribution in [3.63, 3.8) is 0 Å². The standard InChI is InChI=1S/C23H42O5Si/c1-9-21(6,24)16(4)23(8)17(5)22(7,10-2)27-29(28-23,25-11-3)26-20-15-18-12-13-19(20)14-18/h12-13,16-20,24H,9-11,14-15H2,1-8H3/t16?,17?,18-,19?,20?,21?,22?,23?,29?/m0/s1. The summed E-state index contributed by atoms with van der Waals surface area (Å²) in [5.41, 5.74) is -1.92. The van der Waals surface area contributed by atoms with Crippen LogP contribution in [0.5, 0.6) is 0 Å². The molecule has 2 bridgehead atoms. The highest BCUT2D eigenvalue weighted by Crippen LogP contribution is 2.52. The predicted octanol–water partition coefficient (Wildman–Crippen LogP) is 4.85. The van der Waals surface area contributed by atoms with E-state index < -0.39 is 25.9 Å². The second-order valence-corrected chi connectivity index (χ2v) is 12.0. The molecule has 6 heteroatoms. The van der Waals surface area contributed by atoms with E-state index in [4.69, 9.17) is 17.7 Å². The molecule has 29 heavy (non-hydrogen) atoms. The summed E-state index contributed by atoms with van der Waals surface area (Å²) in [6.07, 6.45) is 8.32. The van der Waals surface area contributed by atoms with Crippen LogP contribution < -0.4 is 0 Å². The van der Waals surface area contributed by atoms with Crippen molar-refractivity contribution in [3.8, 4) is 0 Å².